The van der Waals surface area contributed by atoms with E-state index in [-0.39, 0.29) is 12.2 Å². The molecule has 1 aliphatic heterocycles. The average molecular weight is 203 g/mol. The van der Waals surface area contributed by atoms with Crippen molar-refractivity contribution in [1.29, 1.82) is 0 Å². The van der Waals surface area contributed by atoms with Gasteiger partial charge in [-0.2, -0.15) is 0 Å². The zero-order valence-corrected chi connectivity index (χ0v) is 8.71. The Morgan fingerprint density at radius 1 is 1.36 bits per heavy atom. The molecule has 1 fully saturated rings. The molecule has 0 aromatic rings. The molecule has 1 saturated heterocycles. The molecule has 3 N–H and O–H groups in total. The van der Waals surface area contributed by atoms with Crippen molar-refractivity contribution >= 4 is 0 Å². The van der Waals surface area contributed by atoms with Crippen LogP contribution in [0.1, 0.15) is 25.7 Å². The van der Waals surface area contributed by atoms with Gasteiger partial charge in [0.1, 0.15) is 0 Å². The standard InChI is InChI=1S/C10H21NO3/c11-9-10(14-7-2-5-12)3-1-6-13-8-4-10/h12H,1-9,11H2. The summed E-state index contributed by atoms with van der Waals surface area (Å²) in [6, 6.07) is 0. The van der Waals surface area contributed by atoms with Crippen molar-refractivity contribution in [2.24, 2.45) is 5.73 Å². The van der Waals surface area contributed by atoms with Crippen LogP contribution in [0.2, 0.25) is 0 Å². The summed E-state index contributed by atoms with van der Waals surface area (Å²) in [5, 5.41) is 8.67. The molecule has 4 heteroatoms. The van der Waals surface area contributed by atoms with Gasteiger partial charge in [-0.15, -0.1) is 0 Å². The van der Waals surface area contributed by atoms with E-state index >= 15 is 0 Å². The van der Waals surface area contributed by atoms with Gasteiger partial charge in [-0.3, -0.25) is 0 Å². The maximum Gasteiger partial charge on any atom is 0.0826 e. The maximum absolute atomic E-state index is 8.67. The molecular weight excluding hydrogens is 182 g/mol. The Bertz CT molecular complexity index is 144. The summed E-state index contributed by atoms with van der Waals surface area (Å²) in [5.74, 6) is 0. The van der Waals surface area contributed by atoms with Crippen LogP contribution in [-0.4, -0.2) is 43.7 Å². The van der Waals surface area contributed by atoms with Crippen molar-refractivity contribution in [3.05, 3.63) is 0 Å². The van der Waals surface area contributed by atoms with E-state index in [0.717, 1.165) is 32.5 Å². The number of rotatable bonds is 5. The van der Waals surface area contributed by atoms with Gasteiger partial charge in [0.05, 0.1) is 5.60 Å². The molecule has 4 nitrogen and oxygen atoms in total. The van der Waals surface area contributed by atoms with Crippen molar-refractivity contribution in [1.82, 2.24) is 0 Å². The lowest BCUT2D eigenvalue weighted by Crippen LogP contribution is -2.41. The number of aliphatic hydroxyl groups excluding tert-OH is 1. The minimum Gasteiger partial charge on any atom is -0.396 e. The number of hydrogen-bond donors (Lipinski definition) is 2. The molecule has 1 aliphatic rings. The van der Waals surface area contributed by atoms with Crippen LogP contribution in [0.4, 0.5) is 0 Å². The Morgan fingerprint density at radius 2 is 2.21 bits per heavy atom. The zero-order valence-electron chi connectivity index (χ0n) is 8.71. The number of ether oxygens (including phenoxy) is 2. The largest absolute Gasteiger partial charge is 0.396 e. The van der Waals surface area contributed by atoms with Crippen LogP contribution in [-0.2, 0) is 9.47 Å². The van der Waals surface area contributed by atoms with Gasteiger partial charge in [-0.25, -0.2) is 0 Å². The van der Waals surface area contributed by atoms with Crippen LogP contribution in [0.3, 0.4) is 0 Å². The Balaban J connectivity index is 2.37. The Labute approximate surface area is 85.4 Å². The van der Waals surface area contributed by atoms with Gasteiger partial charge in [-0.05, 0) is 19.3 Å². The van der Waals surface area contributed by atoms with Crippen molar-refractivity contribution in [3.8, 4) is 0 Å². The molecule has 0 saturated carbocycles. The molecule has 1 rings (SSSR count). The highest BCUT2D eigenvalue weighted by atomic mass is 16.5. The van der Waals surface area contributed by atoms with Crippen LogP contribution >= 0.6 is 0 Å². The fourth-order valence-corrected chi connectivity index (χ4v) is 1.74. The van der Waals surface area contributed by atoms with E-state index in [1.54, 1.807) is 0 Å². The van der Waals surface area contributed by atoms with Gasteiger partial charge in [0.25, 0.3) is 0 Å². The third-order valence-electron chi connectivity index (χ3n) is 2.71. The first-order valence-corrected chi connectivity index (χ1v) is 5.36. The predicted octanol–water partition coefficient (Wildman–Crippen LogP) is 0.283. The van der Waals surface area contributed by atoms with E-state index in [1.165, 1.54) is 0 Å². The number of nitrogens with two attached hydrogens (primary N) is 1. The molecule has 0 spiro atoms. The molecule has 0 aliphatic carbocycles. The molecule has 0 aromatic carbocycles. The molecular formula is C10H21NO3. The second-order valence-corrected chi connectivity index (χ2v) is 3.78. The summed E-state index contributed by atoms with van der Waals surface area (Å²) < 4.78 is 11.1. The van der Waals surface area contributed by atoms with Crippen molar-refractivity contribution in [2.45, 2.75) is 31.3 Å². The minimum atomic E-state index is -0.203. The van der Waals surface area contributed by atoms with Gasteiger partial charge < -0.3 is 20.3 Å². The van der Waals surface area contributed by atoms with Crippen LogP contribution in [0.25, 0.3) is 0 Å². The lowest BCUT2D eigenvalue weighted by atomic mass is 9.95. The first-order chi connectivity index (χ1) is 6.83. The lowest BCUT2D eigenvalue weighted by molar-refractivity contribution is -0.0554. The quantitative estimate of drug-likeness (QED) is 0.630. The molecule has 84 valence electrons. The van der Waals surface area contributed by atoms with E-state index in [4.69, 9.17) is 20.3 Å². The van der Waals surface area contributed by atoms with Crippen LogP contribution in [0.5, 0.6) is 0 Å². The molecule has 14 heavy (non-hydrogen) atoms. The highest BCUT2D eigenvalue weighted by Crippen LogP contribution is 2.24. The summed E-state index contributed by atoms with van der Waals surface area (Å²) in [5.41, 5.74) is 5.54. The fourth-order valence-electron chi connectivity index (χ4n) is 1.74. The minimum absolute atomic E-state index is 0.178. The summed E-state index contributed by atoms with van der Waals surface area (Å²) in [7, 11) is 0. The average Bonchev–Trinajstić information content (AvgIpc) is 2.45. The third kappa shape index (κ3) is 3.53. The lowest BCUT2D eigenvalue weighted by Gasteiger charge is -2.31. The van der Waals surface area contributed by atoms with Gasteiger partial charge >= 0.3 is 0 Å². The van der Waals surface area contributed by atoms with E-state index in [1.807, 2.05) is 0 Å². The fraction of sp³-hybridized carbons (Fsp3) is 1.00. The SMILES string of the molecule is NCC1(OCCCO)CCCOCC1. The normalized spacial score (nSPS) is 28.7. The van der Waals surface area contributed by atoms with E-state index < -0.39 is 0 Å². The topological polar surface area (TPSA) is 64.7 Å². The predicted molar refractivity (Wildman–Crippen MR) is 54.1 cm³/mol. The summed E-state index contributed by atoms with van der Waals surface area (Å²) in [4.78, 5) is 0. The number of hydrogen-bond acceptors (Lipinski definition) is 4. The first-order valence-electron chi connectivity index (χ1n) is 5.36. The Kier molecular flexibility index (Phi) is 5.40. The molecule has 0 bridgehead atoms. The van der Waals surface area contributed by atoms with E-state index in [9.17, 15) is 0 Å². The molecule has 0 aromatic heterocycles. The summed E-state index contributed by atoms with van der Waals surface area (Å²) in [6.07, 6.45) is 3.53. The second kappa shape index (κ2) is 6.35. The summed E-state index contributed by atoms with van der Waals surface area (Å²) in [6.45, 7) is 2.86. The first kappa shape index (κ1) is 11.9. The van der Waals surface area contributed by atoms with Crippen molar-refractivity contribution in [2.75, 3.05) is 33.0 Å². The molecule has 1 atom stereocenters. The molecule has 1 unspecified atom stereocenters. The monoisotopic (exact) mass is 203 g/mol. The maximum atomic E-state index is 8.67. The summed E-state index contributed by atoms with van der Waals surface area (Å²) >= 11 is 0. The molecule has 1 heterocycles. The Morgan fingerprint density at radius 3 is 2.93 bits per heavy atom. The highest BCUT2D eigenvalue weighted by Gasteiger charge is 2.30. The van der Waals surface area contributed by atoms with Gasteiger partial charge in [0.2, 0.25) is 0 Å². The molecule has 0 radical (unpaired) electrons. The van der Waals surface area contributed by atoms with Gasteiger partial charge in [0, 0.05) is 39.4 Å². The highest BCUT2D eigenvalue weighted by molar-refractivity contribution is 4.83. The van der Waals surface area contributed by atoms with E-state index in [2.05, 4.69) is 0 Å². The smallest absolute Gasteiger partial charge is 0.0826 e. The zero-order chi connectivity index (χ0) is 10.3. The van der Waals surface area contributed by atoms with E-state index in [0.29, 0.717) is 19.6 Å². The van der Waals surface area contributed by atoms with Crippen LogP contribution < -0.4 is 5.73 Å². The second-order valence-electron chi connectivity index (χ2n) is 3.78. The van der Waals surface area contributed by atoms with Crippen LogP contribution in [0, 0.1) is 0 Å². The van der Waals surface area contributed by atoms with Crippen molar-refractivity contribution in [3.63, 3.8) is 0 Å². The van der Waals surface area contributed by atoms with Crippen LogP contribution in [0.15, 0.2) is 0 Å². The van der Waals surface area contributed by atoms with Gasteiger partial charge in [-0.1, -0.05) is 0 Å². The molecule has 0 amide bonds. The van der Waals surface area contributed by atoms with Gasteiger partial charge in [0.15, 0.2) is 0 Å². The third-order valence-corrected chi connectivity index (χ3v) is 2.71. The van der Waals surface area contributed by atoms with Crippen molar-refractivity contribution < 1.29 is 14.6 Å². The number of aliphatic hydroxyl groups is 1. The Hall–Kier alpha value is -0.160.